The molecule has 0 radical (unpaired) electrons. The van der Waals surface area contributed by atoms with Crippen molar-refractivity contribution in [2.75, 3.05) is 6.61 Å². The smallest absolute Gasteiger partial charge is 0.358 e. The molecule has 5 nitrogen and oxygen atoms in total. The van der Waals surface area contributed by atoms with Crippen molar-refractivity contribution in [2.45, 2.75) is 26.2 Å². The summed E-state index contributed by atoms with van der Waals surface area (Å²) in [5.41, 5.74) is -0.399. The Kier molecular flexibility index (Phi) is 4.30. The summed E-state index contributed by atoms with van der Waals surface area (Å²) in [7, 11) is 0. The molecule has 0 atom stereocenters. The van der Waals surface area contributed by atoms with Gasteiger partial charge >= 0.3 is 5.97 Å². The van der Waals surface area contributed by atoms with Crippen LogP contribution in [0.25, 0.3) is 0 Å². The van der Waals surface area contributed by atoms with Gasteiger partial charge in [0.15, 0.2) is 11.4 Å². The minimum atomic E-state index is -2.68. The molecule has 1 rings (SSSR count). The zero-order valence-corrected chi connectivity index (χ0v) is 9.35. The lowest BCUT2D eigenvalue weighted by Crippen LogP contribution is -2.13. The molecular formula is C10H12F2N2O3. The molecule has 1 aromatic rings. The molecule has 0 spiro atoms. The van der Waals surface area contributed by atoms with Crippen molar-refractivity contribution < 1.29 is 23.4 Å². The van der Waals surface area contributed by atoms with Crippen molar-refractivity contribution in [3.05, 3.63) is 17.7 Å². The maximum atomic E-state index is 11.9. The number of carboxylic acid groups (broad SMARTS) is 1. The molecule has 0 saturated heterocycles. The first kappa shape index (κ1) is 13.3. The molecule has 1 heterocycles. The monoisotopic (exact) mass is 246 g/mol. The molecule has 0 unspecified atom stereocenters. The topological polar surface area (TPSA) is 72.3 Å². The SMILES string of the molecule is CC(C)c1ncc(OCC(F)F)c(C(=O)O)n1. The summed E-state index contributed by atoms with van der Waals surface area (Å²) in [6.07, 6.45) is -1.57. The van der Waals surface area contributed by atoms with Crippen molar-refractivity contribution >= 4 is 5.97 Å². The molecule has 94 valence electrons. The fourth-order valence-corrected chi connectivity index (χ4v) is 1.07. The third-order valence-electron chi connectivity index (χ3n) is 1.86. The van der Waals surface area contributed by atoms with Crippen molar-refractivity contribution in [3.8, 4) is 5.75 Å². The summed E-state index contributed by atoms with van der Waals surface area (Å²) in [4.78, 5) is 18.5. The second-order valence-corrected chi connectivity index (χ2v) is 3.60. The third-order valence-corrected chi connectivity index (χ3v) is 1.86. The third kappa shape index (κ3) is 3.61. The lowest BCUT2D eigenvalue weighted by Gasteiger charge is -2.10. The molecule has 0 amide bonds. The zero-order chi connectivity index (χ0) is 13.0. The second-order valence-electron chi connectivity index (χ2n) is 3.60. The second kappa shape index (κ2) is 5.51. The molecular weight excluding hydrogens is 234 g/mol. The minimum absolute atomic E-state index is 0.0581. The number of hydrogen-bond donors (Lipinski definition) is 1. The van der Waals surface area contributed by atoms with Gasteiger partial charge in [-0.25, -0.2) is 23.5 Å². The average molecular weight is 246 g/mol. The van der Waals surface area contributed by atoms with E-state index in [9.17, 15) is 13.6 Å². The predicted molar refractivity (Wildman–Crippen MR) is 54.6 cm³/mol. The lowest BCUT2D eigenvalue weighted by atomic mass is 10.2. The van der Waals surface area contributed by atoms with Gasteiger partial charge in [0.05, 0.1) is 6.20 Å². The summed E-state index contributed by atoms with van der Waals surface area (Å²) in [5.74, 6) is -1.31. The molecule has 0 aromatic carbocycles. The maximum Gasteiger partial charge on any atom is 0.358 e. The van der Waals surface area contributed by atoms with E-state index in [1.54, 1.807) is 13.8 Å². The van der Waals surface area contributed by atoms with Gasteiger partial charge in [0, 0.05) is 5.92 Å². The number of carboxylic acids is 1. The molecule has 0 aliphatic carbocycles. The number of ether oxygens (including phenoxy) is 1. The van der Waals surface area contributed by atoms with Gasteiger partial charge in [-0.3, -0.25) is 0 Å². The van der Waals surface area contributed by atoms with Gasteiger partial charge < -0.3 is 9.84 Å². The summed E-state index contributed by atoms with van der Waals surface area (Å²) >= 11 is 0. The van der Waals surface area contributed by atoms with Crippen LogP contribution < -0.4 is 4.74 Å². The van der Waals surface area contributed by atoms with Gasteiger partial charge in [0.2, 0.25) is 0 Å². The number of hydrogen-bond acceptors (Lipinski definition) is 4. The van der Waals surface area contributed by atoms with Crippen LogP contribution in [0, 0.1) is 0 Å². The van der Waals surface area contributed by atoms with E-state index >= 15 is 0 Å². The highest BCUT2D eigenvalue weighted by atomic mass is 19.3. The normalized spacial score (nSPS) is 10.9. The van der Waals surface area contributed by atoms with Crippen LogP contribution in [0.3, 0.4) is 0 Å². The van der Waals surface area contributed by atoms with Gasteiger partial charge in [-0.1, -0.05) is 13.8 Å². The first-order valence-corrected chi connectivity index (χ1v) is 4.93. The first-order valence-electron chi connectivity index (χ1n) is 4.93. The fourth-order valence-electron chi connectivity index (χ4n) is 1.07. The highest BCUT2D eigenvalue weighted by Gasteiger charge is 2.17. The van der Waals surface area contributed by atoms with Crippen molar-refractivity contribution in [2.24, 2.45) is 0 Å². The number of rotatable bonds is 5. The lowest BCUT2D eigenvalue weighted by molar-refractivity contribution is 0.0654. The number of aromatic carboxylic acids is 1. The Bertz CT molecular complexity index is 411. The van der Waals surface area contributed by atoms with E-state index in [1.807, 2.05) is 0 Å². The van der Waals surface area contributed by atoms with Crippen LogP contribution in [0.1, 0.15) is 36.1 Å². The van der Waals surface area contributed by atoms with Crippen LogP contribution in [0.15, 0.2) is 6.20 Å². The number of halogens is 2. The Morgan fingerprint density at radius 2 is 2.18 bits per heavy atom. The zero-order valence-electron chi connectivity index (χ0n) is 9.35. The molecule has 1 aromatic heterocycles. The summed E-state index contributed by atoms with van der Waals surface area (Å²) in [6.45, 7) is 2.70. The number of aromatic nitrogens is 2. The molecule has 0 fully saturated rings. The van der Waals surface area contributed by atoms with Crippen molar-refractivity contribution in [1.29, 1.82) is 0 Å². The highest BCUT2D eigenvalue weighted by Crippen LogP contribution is 2.19. The predicted octanol–water partition coefficient (Wildman–Crippen LogP) is 1.94. The molecule has 0 aliphatic heterocycles. The van der Waals surface area contributed by atoms with E-state index in [0.29, 0.717) is 5.82 Å². The van der Waals surface area contributed by atoms with Crippen LogP contribution in [0.5, 0.6) is 5.75 Å². The van der Waals surface area contributed by atoms with E-state index in [2.05, 4.69) is 14.7 Å². The summed E-state index contributed by atoms with van der Waals surface area (Å²) < 4.78 is 28.5. The molecule has 17 heavy (non-hydrogen) atoms. The summed E-state index contributed by atoms with van der Waals surface area (Å²) in [6, 6.07) is 0. The van der Waals surface area contributed by atoms with Crippen LogP contribution >= 0.6 is 0 Å². The molecule has 1 N–H and O–H groups in total. The first-order chi connectivity index (χ1) is 7.91. The maximum absolute atomic E-state index is 11.9. The number of carbonyl (C=O) groups is 1. The highest BCUT2D eigenvalue weighted by molar-refractivity contribution is 5.88. The Morgan fingerprint density at radius 1 is 1.53 bits per heavy atom. The Labute approximate surface area is 96.5 Å². The summed E-state index contributed by atoms with van der Waals surface area (Å²) in [5, 5.41) is 8.88. The van der Waals surface area contributed by atoms with Crippen LogP contribution in [0.4, 0.5) is 8.78 Å². The Hall–Kier alpha value is -1.79. The fraction of sp³-hybridized carbons (Fsp3) is 0.500. The molecule has 0 bridgehead atoms. The molecule has 7 heteroatoms. The molecule has 0 aliphatic rings. The van der Waals surface area contributed by atoms with Crippen molar-refractivity contribution in [1.82, 2.24) is 9.97 Å². The van der Waals surface area contributed by atoms with Gasteiger partial charge in [-0.15, -0.1) is 0 Å². The number of alkyl halides is 2. The van der Waals surface area contributed by atoms with E-state index in [-0.39, 0.29) is 11.7 Å². The standard InChI is InChI=1S/C10H12F2N2O3/c1-5(2)9-13-3-6(17-4-7(11)12)8(14-9)10(15)16/h3,5,7H,4H2,1-2H3,(H,15,16). The minimum Gasteiger partial charge on any atom is -0.483 e. The Balaban J connectivity index is 3.00. The molecule has 0 saturated carbocycles. The Morgan fingerprint density at radius 3 is 2.65 bits per heavy atom. The van der Waals surface area contributed by atoms with Gasteiger partial charge in [0.25, 0.3) is 6.43 Å². The van der Waals surface area contributed by atoms with Gasteiger partial charge in [-0.05, 0) is 0 Å². The van der Waals surface area contributed by atoms with Gasteiger partial charge in [-0.2, -0.15) is 0 Å². The van der Waals surface area contributed by atoms with Crippen LogP contribution in [0.2, 0.25) is 0 Å². The van der Waals surface area contributed by atoms with E-state index < -0.39 is 24.7 Å². The van der Waals surface area contributed by atoms with Gasteiger partial charge in [0.1, 0.15) is 12.4 Å². The largest absolute Gasteiger partial charge is 0.483 e. The van der Waals surface area contributed by atoms with E-state index in [4.69, 9.17) is 5.11 Å². The van der Waals surface area contributed by atoms with Crippen LogP contribution in [-0.2, 0) is 0 Å². The number of nitrogens with zero attached hydrogens (tertiary/aromatic N) is 2. The quantitative estimate of drug-likeness (QED) is 0.859. The van der Waals surface area contributed by atoms with Crippen molar-refractivity contribution in [3.63, 3.8) is 0 Å². The average Bonchev–Trinajstić information content (AvgIpc) is 2.25. The van der Waals surface area contributed by atoms with E-state index in [1.165, 1.54) is 0 Å². The van der Waals surface area contributed by atoms with E-state index in [0.717, 1.165) is 6.20 Å². The van der Waals surface area contributed by atoms with Crippen LogP contribution in [-0.4, -0.2) is 34.1 Å².